The van der Waals surface area contributed by atoms with Crippen LogP contribution in [0.1, 0.15) is 49.5 Å². The van der Waals surface area contributed by atoms with Gasteiger partial charge in [0, 0.05) is 17.0 Å². The summed E-state index contributed by atoms with van der Waals surface area (Å²) in [6.07, 6.45) is 10.5. The van der Waals surface area contributed by atoms with Gasteiger partial charge < -0.3 is 10.2 Å². The fraction of sp³-hybridized carbons (Fsp3) is 0.667. The van der Waals surface area contributed by atoms with Crippen molar-refractivity contribution < 1.29 is 0 Å². The van der Waals surface area contributed by atoms with Crippen LogP contribution >= 0.6 is 11.3 Å². The molecule has 0 atom stereocenters. The standard InChI is InChI=1S/C18H26N4S/c1-3-22(2)13-9-7-12(8-10-13)21-17-16-14-5-4-6-15(14)23-18(16)20-11-19-17/h11-13H,3-10H2,1-2H3,(H,19,20,21)/t12-,13-. The first kappa shape index (κ1) is 15.3. The zero-order chi connectivity index (χ0) is 15.8. The zero-order valence-corrected chi connectivity index (χ0v) is 15.0. The van der Waals surface area contributed by atoms with Gasteiger partial charge in [-0.1, -0.05) is 6.92 Å². The van der Waals surface area contributed by atoms with Crippen LogP contribution in [0, 0.1) is 0 Å². The lowest BCUT2D eigenvalue weighted by atomic mass is 9.90. The Hall–Kier alpha value is -1.20. The second kappa shape index (κ2) is 6.36. The van der Waals surface area contributed by atoms with Gasteiger partial charge in [0.05, 0.1) is 5.39 Å². The minimum Gasteiger partial charge on any atom is -0.367 e. The van der Waals surface area contributed by atoms with Crippen molar-refractivity contribution in [3.8, 4) is 0 Å². The van der Waals surface area contributed by atoms with Gasteiger partial charge in [-0.05, 0) is 64.1 Å². The van der Waals surface area contributed by atoms with E-state index >= 15 is 0 Å². The first-order valence-corrected chi connectivity index (χ1v) is 9.80. The second-order valence-corrected chi connectivity index (χ2v) is 8.07. The molecule has 0 aromatic carbocycles. The lowest BCUT2D eigenvalue weighted by Gasteiger charge is -2.34. The minimum atomic E-state index is 0.562. The molecule has 4 rings (SSSR count). The molecule has 2 aliphatic carbocycles. The van der Waals surface area contributed by atoms with Crippen molar-refractivity contribution in [2.24, 2.45) is 0 Å². The van der Waals surface area contributed by atoms with Crippen molar-refractivity contribution in [2.45, 2.75) is 64.0 Å². The Morgan fingerprint density at radius 2 is 2.04 bits per heavy atom. The molecule has 0 saturated heterocycles. The third kappa shape index (κ3) is 2.85. The molecular weight excluding hydrogens is 304 g/mol. The lowest BCUT2D eigenvalue weighted by Crippen LogP contribution is -2.38. The molecule has 2 aromatic heterocycles. The zero-order valence-electron chi connectivity index (χ0n) is 14.1. The van der Waals surface area contributed by atoms with Crippen LogP contribution in [-0.2, 0) is 12.8 Å². The first-order chi connectivity index (χ1) is 11.3. The Morgan fingerprint density at radius 3 is 2.83 bits per heavy atom. The maximum atomic E-state index is 4.60. The fourth-order valence-electron chi connectivity index (χ4n) is 4.15. The highest BCUT2D eigenvalue weighted by Crippen LogP contribution is 2.39. The van der Waals surface area contributed by atoms with Gasteiger partial charge in [0.15, 0.2) is 0 Å². The van der Waals surface area contributed by atoms with E-state index in [0.717, 1.165) is 18.4 Å². The Morgan fingerprint density at radius 1 is 1.22 bits per heavy atom. The van der Waals surface area contributed by atoms with Gasteiger partial charge in [-0.15, -0.1) is 11.3 Å². The van der Waals surface area contributed by atoms with Crippen molar-refractivity contribution in [1.82, 2.24) is 14.9 Å². The van der Waals surface area contributed by atoms with E-state index in [1.54, 1.807) is 6.33 Å². The largest absolute Gasteiger partial charge is 0.367 e. The molecule has 1 N–H and O–H groups in total. The lowest BCUT2D eigenvalue weighted by molar-refractivity contribution is 0.194. The number of anilines is 1. The van der Waals surface area contributed by atoms with Crippen molar-refractivity contribution in [3.05, 3.63) is 16.8 Å². The number of nitrogens with one attached hydrogen (secondary N) is 1. The van der Waals surface area contributed by atoms with E-state index in [1.807, 2.05) is 11.3 Å². The van der Waals surface area contributed by atoms with Gasteiger partial charge in [0.1, 0.15) is 17.0 Å². The number of thiophene rings is 1. The van der Waals surface area contributed by atoms with E-state index < -0.39 is 0 Å². The van der Waals surface area contributed by atoms with Crippen LogP contribution in [0.15, 0.2) is 6.33 Å². The highest BCUT2D eigenvalue weighted by atomic mass is 32.1. The highest BCUT2D eigenvalue weighted by Gasteiger charge is 2.26. The molecule has 0 aliphatic heterocycles. The summed E-state index contributed by atoms with van der Waals surface area (Å²) >= 11 is 1.87. The van der Waals surface area contributed by atoms with E-state index in [1.165, 1.54) is 65.6 Å². The van der Waals surface area contributed by atoms with E-state index in [-0.39, 0.29) is 0 Å². The van der Waals surface area contributed by atoms with Crippen LogP contribution < -0.4 is 5.32 Å². The Balaban J connectivity index is 1.51. The van der Waals surface area contributed by atoms with Crippen molar-refractivity contribution in [3.63, 3.8) is 0 Å². The third-order valence-corrected chi connectivity index (χ3v) is 6.86. The molecule has 23 heavy (non-hydrogen) atoms. The molecule has 124 valence electrons. The van der Waals surface area contributed by atoms with E-state index in [2.05, 4.69) is 34.2 Å². The Kier molecular flexibility index (Phi) is 4.24. The molecule has 0 amide bonds. The molecule has 4 nitrogen and oxygen atoms in total. The summed E-state index contributed by atoms with van der Waals surface area (Å²) < 4.78 is 0. The van der Waals surface area contributed by atoms with Crippen LogP contribution in [0.4, 0.5) is 5.82 Å². The SMILES string of the molecule is CCN(C)[C@H]1CC[C@H](Nc2ncnc3sc4c(c23)CCC4)CC1. The minimum absolute atomic E-state index is 0.562. The van der Waals surface area contributed by atoms with Crippen LogP contribution in [0.25, 0.3) is 10.2 Å². The monoisotopic (exact) mass is 330 g/mol. The van der Waals surface area contributed by atoms with Gasteiger partial charge in [0.2, 0.25) is 0 Å². The molecule has 0 spiro atoms. The van der Waals surface area contributed by atoms with Gasteiger partial charge >= 0.3 is 0 Å². The van der Waals surface area contributed by atoms with Crippen molar-refractivity contribution in [1.29, 1.82) is 0 Å². The van der Waals surface area contributed by atoms with Crippen LogP contribution in [0.2, 0.25) is 0 Å². The summed E-state index contributed by atoms with van der Waals surface area (Å²) in [7, 11) is 2.25. The van der Waals surface area contributed by atoms with E-state index in [4.69, 9.17) is 0 Å². The smallest absolute Gasteiger partial charge is 0.138 e. The molecular formula is C18H26N4S. The van der Waals surface area contributed by atoms with Gasteiger partial charge in [0.25, 0.3) is 0 Å². The third-order valence-electron chi connectivity index (χ3n) is 5.66. The average Bonchev–Trinajstić information content (AvgIpc) is 3.16. The Bertz CT molecular complexity index is 688. The van der Waals surface area contributed by atoms with Crippen molar-refractivity contribution in [2.75, 3.05) is 18.9 Å². The predicted octanol–water partition coefficient (Wildman–Crippen LogP) is 3.85. The van der Waals surface area contributed by atoms with Crippen LogP contribution in [-0.4, -0.2) is 40.5 Å². The Labute approximate surface area is 142 Å². The number of fused-ring (bicyclic) bond motifs is 3. The molecule has 2 aliphatic rings. The molecule has 2 heterocycles. The number of aryl methyl sites for hydroxylation is 2. The number of aromatic nitrogens is 2. The fourth-order valence-corrected chi connectivity index (χ4v) is 5.38. The van der Waals surface area contributed by atoms with Gasteiger partial charge in [-0.3, -0.25) is 0 Å². The first-order valence-electron chi connectivity index (χ1n) is 8.98. The number of hydrogen-bond acceptors (Lipinski definition) is 5. The molecule has 5 heteroatoms. The quantitative estimate of drug-likeness (QED) is 0.924. The van der Waals surface area contributed by atoms with Gasteiger partial charge in [-0.25, -0.2) is 9.97 Å². The molecule has 0 radical (unpaired) electrons. The van der Waals surface area contributed by atoms with Crippen LogP contribution in [0.3, 0.4) is 0 Å². The van der Waals surface area contributed by atoms with Gasteiger partial charge in [-0.2, -0.15) is 0 Å². The molecule has 0 unspecified atom stereocenters. The second-order valence-electron chi connectivity index (χ2n) is 6.98. The number of nitrogens with zero attached hydrogens (tertiary/aromatic N) is 3. The van der Waals surface area contributed by atoms with E-state index in [0.29, 0.717) is 6.04 Å². The average molecular weight is 331 g/mol. The van der Waals surface area contributed by atoms with Crippen molar-refractivity contribution >= 4 is 27.4 Å². The summed E-state index contributed by atoms with van der Waals surface area (Å²) in [5.74, 6) is 1.08. The van der Waals surface area contributed by atoms with Crippen LogP contribution in [0.5, 0.6) is 0 Å². The number of rotatable bonds is 4. The summed E-state index contributed by atoms with van der Waals surface area (Å²) in [6.45, 7) is 3.40. The number of hydrogen-bond donors (Lipinski definition) is 1. The molecule has 1 saturated carbocycles. The maximum Gasteiger partial charge on any atom is 0.138 e. The molecule has 2 aromatic rings. The summed E-state index contributed by atoms with van der Waals surface area (Å²) in [6, 6.07) is 1.32. The summed E-state index contributed by atoms with van der Waals surface area (Å²) in [5.41, 5.74) is 1.52. The normalized spacial score (nSPS) is 24.3. The topological polar surface area (TPSA) is 41.0 Å². The molecule has 1 fully saturated rings. The summed E-state index contributed by atoms with van der Waals surface area (Å²) in [4.78, 5) is 14.3. The van der Waals surface area contributed by atoms with E-state index in [9.17, 15) is 0 Å². The predicted molar refractivity (Wildman–Crippen MR) is 97.4 cm³/mol. The maximum absolute atomic E-state index is 4.60. The highest BCUT2D eigenvalue weighted by molar-refractivity contribution is 7.19. The molecule has 0 bridgehead atoms. The summed E-state index contributed by atoms with van der Waals surface area (Å²) in [5, 5.41) is 5.07.